The fourth-order valence-electron chi connectivity index (χ4n) is 3.47. The average Bonchev–Trinajstić information content (AvgIpc) is 3.40. The van der Waals surface area contributed by atoms with Crippen LogP contribution in [0.3, 0.4) is 0 Å². The number of ether oxygens (including phenoxy) is 1. The molecule has 3 aliphatic rings. The van der Waals surface area contributed by atoms with E-state index in [2.05, 4.69) is 5.32 Å². The molecule has 0 radical (unpaired) electrons. The van der Waals surface area contributed by atoms with E-state index in [1.807, 2.05) is 0 Å². The first-order valence-corrected chi connectivity index (χ1v) is 8.27. The Kier molecular flexibility index (Phi) is 3.45. The molecule has 2 fully saturated rings. The van der Waals surface area contributed by atoms with E-state index in [-0.39, 0.29) is 37.3 Å². The summed E-state index contributed by atoms with van der Waals surface area (Å²) in [7, 11) is 0. The Balaban J connectivity index is 1.53. The van der Waals surface area contributed by atoms with Crippen LogP contribution in [0, 0.1) is 11.7 Å². The Labute approximate surface area is 143 Å². The average molecular weight is 347 g/mol. The molecular weight excluding hydrogens is 329 g/mol. The second-order valence-electron chi connectivity index (χ2n) is 6.80. The van der Waals surface area contributed by atoms with Gasteiger partial charge in [-0.25, -0.2) is 9.18 Å². The molecule has 1 aliphatic carbocycles. The lowest BCUT2D eigenvalue weighted by atomic mass is 9.96. The number of nitrogens with one attached hydrogen (secondary N) is 1. The molecule has 1 aromatic carbocycles. The van der Waals surface area contributed by atoms with Crippen LogP contribution >= 0.6 is 0 Å². The van der Waals surface area contributed by atoms with Crippen LogP contribution in [-0.2, 0) is 9.59 Å². The first-order chi connectivity index (χ1) is 11.9. The molecule has 2 heterocycles. The van der Waals surface area contributed by atoms with E-state index >= 15 is 0 Å². The van der Waals surface area contributed by atoms with Crippen LogP contribution in [-0.4, -0.2) is 48.0 Å². The molecule has 0 unspecified atom stereocenters. The van der Waals surface area contributed by atoms with Crippen LogP contribution < -0.4 is 15.0 Å². The molecule has 0 spiro atoms. The van der Waals surface area contributed by atoms with Crippen LogP contribution in [0.5, 0.6) is 5.75 Å². The lowest BCUT2D eigenvalue weighted by Crippen LogP contribution is -2.48. The van der Waals surface area contributed by atoms with Gasteiger partial charge in [0.2, 0.25) is 5.91 Å². The molecule has 2 aliphatic heterocycles. The predicted molar refractivity (Wildman–Crippen MR) is 85.6 cm³/mol. The maximum absolute atomic E-state index is 13.3. The van der Waals surface area contributed by atoms with Crippen molar-refractivity contribution in [2.24, 2.45) is 5.92 Å². The summed E-state index contributed by atoms with van der Waals surface area (Å²) in [6.45, 7) is 1.87. The molecule has 25 heavy (non-hydrogen) atoms. The largest absolute Gasteiger partial charge is 0.489 e. The summed E-state index contributed by atoms with van der Waals surface area (Å²) < 4.78 is 18.7. The Morgan fingerprint density at radius 1 is 1.40 bits per heavy atom. The van der Waals surface area contributed by atoms with Gasteiger partial charge in [-0.2, -0.15) is 0 Å². The molecule has 8 heteroatoms. The molecule has 4 amide bonds. The van der Waals surface area contributed by atoms with Gasteiger partial charge in [0.15, 0.2) is 0 Å². The summed E-state index contributed by atoms with van der Waals surface area (Å²) in [6, 6.07) is 3.38. The van der Waals surface area contributed by atoms with Crippen molar-refractivity contribution in [1.29, 1.82) is 0 Å². The Hall–Kier alpha value is -2.64. The van der Waals surface area contributed by atoms with Gasteiger partial charge in [-0.1, -0.05) is 0 Å². The molecule has 1 aromatic rings. The number of hydrogen-bond donors (Lipinski definition) is 1. The van der Waals surface area contributed by atoms with E-state index in [0.29, 0.717) is 5.69 Å². The third kappa shape index (κ3) is 2.52. The first kappa shape index (κ1) is 15.9. The standard InChI is InChI=1S/C17H18FN3O4/c1-17(10-2-3-10)15(23)21(16(24)19-17)9-14(22)20-6-7-25-13-8-11(18)4-5-12(13)20/h4-5,8,10H,2-3,6-7,9H2,1H3,(H,19,24)/t17-/m1/s1. The van der Waals surface area contributed by atoms with E-state index in [1.54, 1.807) is 6.92 Å². The lowest BCUT2D eigenvalue weighted by Gasteiger charge is -2.30. The fourth-order valence-corrected chi connectivity index (χ4v) is 3.47. The molecule has 1 saturated heterocycles. The number of rotatable bonds is 3. The van der Waals surface area contributed by atoms with Crippen molar-refractivity contribution in [2.45, 2.75) is 25.3 Å². The topological polar surface area (TPSA) is 79.0 Å². The van der Waals surface area contributed by atoms with E-state index in [1.165, 1.54) is 23.1 Å². The number of fused-ring (bicyclic) bond motifs is 1. The van der Waals surface area contributed by atoms with E-state index in [4.69, 9.17) is 4.74 Å². The van der Waals surface area contributed by atoms with Gasteiger partial charge >= 0.3 is 6.03 Å². The van der Waals surface area contributed by atoms with E-state index < -0.39 is 23.3 Å². The predicted octanol–water partition coefficient (Wildman–Crippen LogP) is 1.27. The smallest absolute Gasteiger partial charge is 0.325 e. The van der Waals surface area contributed by atoms with E-state index in [0.717, 1.165) is 17.7 Å². The number of nitrogens with zero attached hydrogens (tertiary/aromatic N) is 2. The SMILES string of the molecule is C[C@]1(C2CC2)NC(=O)N(CC(=O)N2CCOc3cc(F)ccc32)C1=O. The Morgan fingerprint density at radius 3 is 2.88 bits per heavy atom. The maximum atomic E-state index is 13.3. The van der Waals surface area contributed by atoms with Crippen LogP contribution in [0.1, 0.15) is 19.8 Å². The number of benzene rings is 1. The third-order valence-electron chi connectivity index (χ3n) is 5.07. The van der Waals surface area contributed by atoms with Gasteiger partial charge in [0.1, 0.15) is 30.3 Å². The molecule has 0 aromatic heterocycles. The highest BCUT2D eigenvalue weighted by atomic mass is 19.1. The van der Waals surface area contributed by atoms with Crippen molar-refractivity contribution in [1.82, 2.24) is 10.2 Å². The highest BCUT2D eigenvalue weighted by Gasteiger charge is 2.56. The summed E-state index contributed by atoms with van der Waals surface area (Å²) in [5.74, 6) is -0.807. The molecule has 7 nitrogen and oxygen atoms in total. The molecule has 4 rings (SSSR count). The van der Waals surface area contributed by atoms with Gasteiger partial charge in [0, 0.05) is 6.07 Å². The molecule has 1 atom stereocenters. The number of urea groups is 1. The zero-order valence-electron chi connectivity index (χ0n) is 13.8. The van der Waals surface area contributed by atoms with Gasteiger partial charge in [0.25, 0.3) is 5.91 Å². The first-order valence-electron chi connectivity index (χ1n) is 8.27. The summed E-state index contributed by atoms with van der Waals surface area (Å²) in [4.78, 5) is 39.9. The molecule has 1 N–H and O–H groups in total. The van der Waals surface area contributed by atoms with Crippen molar-refractivity contribution in [2.75, 3.05) is 24.6 Å². The van der Waals surface area contributed by atoms with Gasteiger partial charge in [-0.15, -0.1) is 0 Å². The summed E-state index contributed by atoms with van der Waals surface area (Å²) >= 11 is 0. The zero-order valence-corrected chi connectivity index (χ0v) is 13.8. The summed E-state index contributed by atoms with van der Waals surface area (Å²) in [5, 5.41) is 2.72. The fraction of sp³-hybridized carbons (Fsp3) is 0.471. The molecule has 0 bridgehead atoms. The second-order valence-corrected chi connectivity index (χ2v) is 6.80. The van der Waals surface area contributed by atoms with Crippen molar-refractivity contribution in [3.05, 3.63) is 24.0 Å². The zero-order chi connectivity index (χ0) is 17.8. The highest BCUT2D eigenvalue weighted by molar-refractivity contribution is 6.10. The van der Waals surface area contributed by atoms with Crippen molar-refractivity contribution in [3.63, 3.8) is 0 Å². The molecule has 1 saturated carbocycles. The van der Waals surface area contributed by atoms with Crippen molar-refractivity contribution >= 4 is 23.5 Å². The van der Waals surface area contributed by atoms with Crippen molar-refractivity contribution < 1.29 is 23.5 Å². The van der Waals surface area contributed by atoms with Crippen LogP contribution in [0.2, 0.25) is 0 Å². The Bertz CT molecular complexity index is 779. The van der Waals surface area contributed by atoms with Crippen molar-refractivity contribution in [3.8, 4) is 5.75 Å². The number of carbonyl (C=O) groups is 3. The Morgan fingerprint density at radius 2 is 2.16 bits per heavy atom. The molecular formula is C17H18FN3O4. The number of hydrogen-bond acceptors (Lipinski definition) is 4. The third-order valence-corrected chi connectivity index (χ3v) is 5.07. The minimum absolute atomic E-state index is 0.135. The maximum Gasteiger partial charge on any atom is 0.325 e. The van der Waals surface area contributed by atoms with Crippen LogP contribution in [0.15, 0.2) is 18.2 Å². The normalized spacial score (nSPS) is 25.5. The number of imide groups is 1. The lowest BCUT2D eigenvalue weighted by molar-refractivity contribution is -0.134. The van der Waals surface area contributed by atoms with Crippen LogP contribution in [0.4, 0.5) is 14.9 Å². The number of amides is 4. The van der Waals surface area contributed by atoms with Gasteiger partial charge in [0.05, 0.1) is 12.2 Å². The van der Waals surface area contributed by atoms with Gasteiger partial charge in [-0.3, -0.25) is 14.5 Å². The van der Waals surface area contributed by atoms with Crippen LogP contribution in [0.25, 0.3) is 0 Å². The van der Waals surface area contributed by atoms with E-state index in [9.17, 15) is 18.8 Å². The van der Waals surface area contributed by atoms with Gasteiger partial charge < -0.3 is 15.0 Å². The minimum atomic E-state index is -0.913. The minimum Gasteiger partial charge on any atom is -0.489 e. The summed E-state index contributed by atoms with van der Waals surface area (Å²) in [5.41, 5.74) is -0.474. The quantitative estimate of drug-likeness (QED) is 0.835. The van der Waals surface area contributed by atoms with Gasteiger partial charge in [-0.05, 0) is 37.8 Å². The number of carbonyl (C=O) groups excluding carboxylic acids is 3. The molecule has 132 valence electrons. The number of anilines is 1. The second kappa shape index (κ2) is 5.44. The highest BCUT2D eigenvalue weighted by Crippen LogP contribution is 2.42. The number of halogens is 1. The summed E-state index contributed by atoms with van der Waals surface area (Å²) in [6.07, 6.45) is 1.79. The monoisotopic (exact) mass is 347 g/mol.